The van der Waals surface area contributed by atoms with Crippen LogP contribution in [0.4, 0.5) is 5.69 Å². The Labute approximate surface area is 108 Å². The summed E-state index contributed by atoms with van der Waals surface area (Å²) in [5.74, 6) is -0.939. The molecule has 0 atom stereocenters. The predicted molar refractivity (Wildman–Crippen MR) is 68.0 cm³/mol. The smallest absolute Gasteiger partial charge is 0.305 e. The fraction of sp³-hybridized carbons (Fsp3) is 0.300. The first-order chi connectivity index (χ1) is 7.82. The number of rotatable bonds is 5. The topological polar surface area (TPSA) is 83.5 Å². The molecule has 2 N–H and O–H groups in total. The second kappa shape index (κ2) is 5.50. The average Bonchev–Trinajstić information content (AvgIpc) is 2.18. The van der Waals surface area contributed by atoms with Gasteiger partial charge in [-0.1, -0.05) is 6.07 Å². The molecule has 0 heterocycles. The highest BCUT2D eigenvalue weighted by atomic mass is 79.9. The van der Waals surface area contributed by atoms with E-state index in [-0.39, 0.29) is 17.9 Å². The van der Waals surface area contributed by atoms with Crippen LogP contribution in [-0.2, 0) is 14.6 Å². The van der Waals surface area contributed by atoms with E-state index in [9.17, 15) is 13.2 Å². The fourth-order valence-electron chi connectivity index (χ4n) is 1.28. The summed E-state index contributed by atoms with van der Waals surface area (Å²) < 4.78 is 23.6. The van der Waals surface area contributed by atoms with Gasteiger partial charge in [-0.15, -0.1) is 0 Å². The molecule has 0 saturated heterocycles. The number of para-hydroxylation sites is 1. The summed E-state index contributed by atoms with van der Waals surface area (Å²) in [4.78, 5) is 10.5. The van der Waals surface area contributed by atoms with Crippen molar-refractivity contribution >= 4 is 37.4 Å². The number of benzene rings is 1. The molecule has 0 spiro atoms. The zero-order valence-electron chi connectivity index (χ0n) is 9.10. The molecular formula is C10H12BrNO4S. The van der Waals surface area contributed by atoms with Crippen LogP contribution < -0.4 is 5.32 Å². The highest BCUT2D eigenvalue weighted by Crippen LogP contribution is 2.29. The first kappa shape index (κ1) is 14.0. The minimum absolute atomic E-state index is 0.0788. The lowest BCUT2D eigenvalue weighted by Gasteiger charge is -2.11. The number of hydrogen-bond donors (Lipinski definition) is 2. The minimum atomic E-state index is -3.35. The van der Waals surface area contributed by atoms with Crippen LogP contribution in [0, 0.1) is 0 Å². The Morgan fingerprint density at radius 1 is 1.47 bits per heavy atom. The minimum Gasteiger partial charge on any atom is -0.481 e. The summed E-state index contributed by atoms with van der Waals surface area (Å²) in [7, 11) is -3.35. The van der Waals surface area contributed by atoms with E-state index >= 15 is 0 Å². The molecule has 1 aromatic rings. The maximum absolute atomic E-state index is 11.5. The molecule has 7 heteroatoms. The molecule has 0 fully saturated rings. The molecule has 0 amide bonds. The first-order valence-corrected chi connectivity index (χ1v) is 7.45. The van der Waals surface area contributed by atoms with Crippen LogP contribution >= 0.6 is 15.9 Å². The van der Waals surface area contributed by atoms with Gasteiger partial charge in [0, 0.05) is 17.3 Å². The van der Waals surface area contributed by atoms with Gasteiger partial charge in [0.05, 0.1) is 17.0 Å². The van der Waals surface area contributed by atoms with Crippen LogP contribution in [0.15, 0.2) is 27.6 Å². The number of sulfone groups is 1. The number of aliphatic carboxylic acids is 1. The Kier molecular flexibility index (Phi) is 4.53. The molecular weight excluding hydrogens is 310 g/mol. The van der Waals surface area contributed by atoms with E-state index in [1.165, 1.54) is 6.07 Å². The average molecular weight is 322 g/mol. The van der Waals surface area contributed by atoms with Crippen LogP contribution in [0.3, 0.4) is 0 Å². The second-order valence-corrected chi connectivity index (χ2v) is 6.29. The van der Waals surface area contributed by atoms with E-state index in [0.717, 1.165) is 6.26 Å². The van der Waals surface area contributed by atoms with Gasteiger partial charge in [0.1, 0.15) is 0 Å². The molecule has 0 saturated carbocycles. The van der Waals surface area contributed by atoms with Crippen molar-refractivity contribution in [3.05, 3.63) is 22.7 Å². The maximum Gasteiger partial charge on any atom is 0.305 e. The van der Waals surface area contributed by atoms with Gasteiger partial charge in [-0.05, 0) is 28.1 Å². The molecule has 0 unspecified atom stereocenters. The molecule has 94 valence electrons. The largest absolute Gasteiger partial charge is 0.481 e. The number of hydrogen-bond acceptors (Lipinski definition) is 4. The van der Waals surface area contributed by atoms with Gasteiger partial charge >= 0.3 is 5.97 Å². The summed E-state index contributed by atoms with van der Waals surface area (Å²) in [6.45, 7) is 0.167. The van der Waals surface area contributed by atoms with Crippen LogP contribution in [0.1, 0.15) is 6.42 Å². The molecule has 0 aliphatic rings. The van der Waals surface area contributed by atoms with Crippen molar-refractivity contribution in [2.75, 3.05) is 18.1 Å². The molecule has 0 bridgehead atoms. The molecule has 1 aromatic carbocycles. The predicted octanol–water partition coefficient (Wildman–Crippen LogP) is 1.74. The van der Waals surface area contributed by atoms with Crippen LogP contribution in [-0.4, -0.2) is 32.3 Å². The Morgan fingerprint density at radius 3 is 2.65 bits per heavy atom. The van der Waals surface area contributed by atoms with Gasteiger partial charge in [-0.2, -0.15) is 0 Å². The van der Waals surface area contributed by atoms with Crippen molar-refractivity contribution in [3.63, 3.8) is 0 Å². The maximum atomic E-state index is 11.5. The van der Waals surface area contributed by atoms with Gasteiger partial charge in [0.25, 0.3) is 0 Å². The van der Waals surface area contributed by atoms with E-state index in [2.05, 4.69) is 21.2 Å². The van der Waals surface area contributed by atoms with Crippen LogP contribution in [0.2, 0.25) is 0 Å². The fourth-order valence-corrected chi connectivity index (χ4v) is 2.80. The highest BCUT2D eigenvalue weighted by molar-refractivity contribution is 9.10. The monoisotopic (exact) mass is 321 g/mol. The zero-order valence-corrected chi connectivity index (χ0v) is 11.5. The van der Waals surface area contributed by atoms with Crippen molar-refractivity contribution in [2.45, 2.75) is 11.3 Å². The Bertz CT molecular complexity index is 527. The summed E-state index contributed by atoms with van der Waals surface area (Å²) in [5, 5.41) is 11.3. The number of carboxylic acids is 1. The van der Waals surface area contributed by atoms with Gasteiger partial charge in [-0.3, -0.25) is 4.79 Å². The second-order valence-electron chi connectivity index (χ2n) is 3.46. The Hall–Kier alpha value is -1.08. The SMILES string of the molecule is CS(=O)(=O)c1cccc(Br)c1NCCC(=O)O. The third-order valence-corrected chi connectivity index (χ3v) is 3.82. The summed E-state index contributed by atoms with van der Waals surface area (Å²) in [5.41, 5.74) is 0.399. The van der Waals surface area contributed by atoms with Crippen molar-refractivity contribution in [2.24, 2.45) is 0 Å². The highest BCUT2D eigenvalue weighted by Gasteiger charge is 2.15. The Morgan fingerprint density at radius 2 is 2.12 bits per heavy atom. The van der Waals surface area contributed by atoms with Gasteiger partial charge in [0.2, 0.25) is 0 Å². The van der Waals surface area contributed by atoms with Gasteiger partial charge in [0.15, 0.2) is 9.84 Å². The standard InChI is InChI=1S/C10H12BrNO4S/c1-17(15,16)8-4-2-3-7(11)10(8)12-6-5-9(13)14/h2-4,12H,5-6H2,1H3,(H,13,14). The summed E-state index contributed by atoms with van der Waals surface area (Å²) in [6, 6.07) is 4.78. The molecule has 0 aliphatic carbocycles. The third-order valence-electron chi connectivity index (χ3n) is 2.02. The Balaban J connectivity index is 3.01. The molecule has 0 radical (unpaired) electrons. The molecule has 0 aliphatic heterocycles. The number of carboxylic acid groups (broad SMARTS) is 1. The lowest BCUT2D eigenvalue weighted by Crippen LogP contribution is -2.11. The van der Waals surface area contributed by atoms with Crippen molar-refractivity contribution in [1.82, 2.24) is 0 Å². The van der Waals surface area contributed by atoms with Gasteiger partial charge in [-0.25, -0.2) is 8.42 Å². The molecule has 1 rings (SSSR count). The van der Waals surface area contributed by atoms with Crippen LogP contribution in [0.25, 0.3) is 0 Å². The normalized spacial score (nSPS) is 11.2. The van der Waals surface area contributed by atoms with E-state index in [4.69, 9.17) is 5.11 Å². The van der Waals surface area contributed by atoms with Gasteiger partial charge < -0.3 is 10.4 Å². The number of halogens is 1. The van der Waals surface area contributed by atoms with Crippen molar-refractivity contribution < 1.29 is 18.3 Å². The summed E-state index contributed by atoms with van der Waals surface area (Å²) >= 11 is 3.23. The lowest BCUT2D eigenvalue weighted by atomic mass is 10.3. The molecule has 5 nitrogen and oxygen atoms in total. The molecule has 0 aromatic heterocycles. The summed E-state index contributed by atoms with van der Waals surface area (Å²) in [6.07, 6.45) is 1.03. The quantitative estimate of drug-likeness (QED) is 0.863. The van der Waals surface area contributed by atoms with E-state index in [0.29, 0.717) is 10.2 Å². The van der Waals surface area contributed by atoms with E-state index in [1.807, 2.05) is 0 Å². The molecule has 17 heavy (non-hydrogen) atoms. The number of anilines is 1. The van der Waals surface area contributed by atoms with Crippen molar-refractivity contribution in [3.8, 4) is 0 Å². The first-order valence-electron chi connectivity index (χ1n) is 4.76. The van der Waals surface area contributed by atoms with E-state index < -0.39 is 15.8 Å². The lowest BCUT2D eigenvalue weighted by molar-refractivity contribution is -0.136. The zero-order chi connectivity index (χ0) is 13.1. The van der Waals surface area contributed by atoms with Crippen LogP contribution in [0.5, 0.6) is 0 Å². The number of nitrogens with one attached hydrogen (secondary N) is 1. The third kappa shape index (κ3) is 4.01. The van der Waals surface area contributed by atoms with E-state index in [1.54, 1.807) is 12.1 Å². The number of carbonyl (C=O) groups is 1. The van der Waals surface area contributed by atoms with Crippen molar-refractivity contribution in [1.29, 1.82) is 0 Å².